The summed E-state index contributed by atoms with van der Waals surface area (Å²) in [6, 6.07) is 4.90. The molecule has 0 amide bonds. The lowest BCUT2D eigenvalue weighted by Crippen LogP contribution is -2.24. The highest BCUT2D eigenvalue weighted by atomic mass is 19.4. The van der Waals surface area contributed by atoms with Crippen LogP contribution in [0, 0.1) is 0 Å². The first-order valence-electron chi connectivity index (χ1n) is 4.81. The molecule has 2 heterocycles. The number of ketones is 1. The maximum absolute atomic E-state index is 12.0. The Morgan fingerprint density at radius 1 is 1.33 bits per heavy atom. The maximum atomic E-state index is 12.0. The van der Waals surface area contributed by atoms with Gasteiger partial charge in [0.1, 0.15) is 5.69 Å². The molecule has 0 aliphatic carbocycles. The number of carbonyl (C=O) groups is 1. The summed E-state index contributed by atoms with van der Waals surface area (Å²) in [7, 11) is 0. The van der Waals surface area contributed by atoms with Crippen molar-refractivity contribution < 1.29 is 22.5 Å². The lowest BCUT2D eigenvalue weighted by molar-refractivity contribution is -0.170. The van der Waals surface area contributed by atoms with Gasteiger partial charge in [-0.15, -0.1) is 0 Å². The van der Waals surface area contributed by atoms with Crippen LogP contribution in [0.3, 0.4) is 0 Å². The molecule has 0 unspecified atom stereocenters. The quantitative estimate of drug-likeness (QED) is 0.838. The molecule has 0 spiro atoms. The van der Waals surface area contributed by atoms with Crippen LogP contribution in [0.2, 0.25) is 0 Å². The zero-order valence-corrected chi connectivity index (χ0v) is 8.81. The van der Waals surface area contributed by atoms with Gasteiger partial charge in [0, 0.05) is 6.20 Å². The molecule has 8 heteroatoms. The Morgan fingerprint density at radius 2 is 2.11 bits per heavy atom. The topological polar surface area (TPSA) is 68.9 Å². The first kappa shape index (κ1) is 12.2. The fourth-order valence-corrected chi connectivity index (χ4v) is 1.16. The lowest BCUT2D eigenvalue weighted by atomic mass is 10.3. The number of hydrogen-bond acceptors (Lipinski definition) is 5. The smallest absolute Gasteiger partial charge is 0.338 e. The normalized spacial score (nSPS) is 11.5. The van der Waals surface area contributed by atoms with E-state index in [0.717, 1.165) is 0 Å². The second-order valence-electron chi connectivity index (χ2n) is 3.32. The van der Waals surface area contributed by atoms with Crippen molar-refractivity contribution in [2.75, 3.05) is 0 Å². The van der Waals surface area contributed by atoms with Gasteiger partial charge in [0.25, 0.3) is 0 Å². The molecular formula is C10H6F3N3O2. The van der Waals surface area contributed by atoms with Crippen LogP contribution >= 0.6 is 0 Å². The average molecular weight is 257 g/mol. The molecule has 0 aliphatic heterocycles. The van der Waals surface area contributed by atoms with E-state index in [1.165, 1.54) is 6.20 Å². The number of carbonyl (C=O) groups excluding carboxylic acids is 1. The van der Waals surface area contributed by atoms with Crippen LogP contribution in [0.15, 0.2) is 28.9 Å². The van der Waals surface area contributed by atoms with E-state index in [4.69, 9.17) is 0 Å². The Balaban J connectivity index is 2.15. The van der Waals surface area contributed by atoms with E-state index in [-0.39, 0.29) is 5.82 Å². The predicted molar refractivity (Wildman–Crippen MR) is 52.3 cm³/mol. The van der Waals surface area contributed by atoms with Gasteiger partial charge < -0.3 is 4.52 Å². The summed E-state index contributed by atoms with van der Waals surface area (Å²) in [5, 5.41) is 3.45. The van der Waals surface area contributed by atoms with Crippen molar-refractivity contribution in [3.05, 3.63) is 30.3 Å². The van der Waals surface area contributed by atoms with Crippen LogP contribution in [0.5, 0.6) is 0 Å². The molecule has 0 bridgehead atoms. The van der Waals surface area contributed by atoms with E-state index in [9.17, 15) is 18.0 Å². The predicted octanol–water partition coefficient (Wildman–Crippen LogP) is 1.81. The number of alkyl halides is 3. The van der Waals surface area contributed by atoms with Crippen molar-refractivity contribution >= 4 is 5.78 Å². The molecule has 0 saturated carbocycles. The second kappa shape index (κ2) is 4.55. The van der Waals surface area contributed by atoms with Crippen LogP contribution in [0.1, 0.15) is 5.89 Å². The van der Waals surface area contributed by atoms with Gasteiger partial charge in [0.15, 0.2) is 0 Å². The summed E-state index contributed by atoms with van der Waals surface area (Å²) >= 11 is 0. The Bertz CT molecular complexity index is 551. The van der Waals surface area contributed by atoms with Gasteiger partial charge in [0.2, 0.25) is 17.5 Å². The van der Waals surface area contributed by atoms with Gasteiger partial charge in [-0.1, -0.05) is 11.2 Å². The minimum atomic E-state index is -4.90. The number of Topliss-reactive ketones (excluding diaryl/α,β-unsaturated/α-hetero) is 1. The SMILES string of the molecule is O=C(Cc1nc(-c2ccccn2)no1)C(F)(F)F. The van der Waals surface area contributed by atoms with E-state index >= 15 is 0 Å². The number of aromatic nitrogens is 3. The number of halogens is 3. The van der Waals surface area contributed by atoms with Crippen LogP contribution < -0.4 is 0 Å². The molecule has 0 N–H and O–H groups in total. The molecule has 2 rings (SSSR count). The summed E-state index contributed by atoms with van der Waals surface area (Å²) in [5.74, 6) is -2.28. The molecule has 18 heavy (non-hydrogen) atoms. The molecule has 2 aromatic heterocycles. The standard InChI is InChI=1S/C10H6F3N3O2/c11-10(12,13)7(17)5-8-15-9(16-18-8)6-3-1-2-4-14-6/h1-4H,5H2. The van der Waals surface area contributed by atoms with E-state index < -0.39 is 24.3 Å². The van der Waals surface area contributed by atoms with Gasteiger partial charge in [0.05, 0.1) is 6.42 Å². The van der Waals surface area contributed by atoms with Gasteiger partial charge in [-0.25, -0.2) is 0 Å². The van der Waals surface area contributed by atoms with E-state index in [1.54, 1.807) is 18.2 Å². The van der Waals surface area contributed by atoms with E-state index in [2.05, 4.69) is 19.6 Å². The molecule has 0 aromatic carbocycles. The summed E-state index contributed by atoms with van der Waals surface area (Å²) in [4.78, 5) is 18.3. The third kappa shape index (κ3) is 2.70. The van der Waals surface area contributed by atoms with Crippen LogP contribution in [-0.2, 0) is 11.2 Å². The van der Waals surface area contributed by atoms with Crippen molar-refractivity contribution in [1.82, 2.24) is 15.1 Å². The first-order valence-corrected chi connectivity index (χ1v) is 4.81. The van der Waals surface area contributed by atoms with E-state index in [0.29, 0.717) is 5.69 Å². The zero-order chi connectivity index (χ0) is 13.2. The summed E-state index contributed by atoms with van der Waals surface area (Å²) in [6.45, 7) is 0. The Morgan fingerprint density at radius 3 is 2.72 bits per heavy atom. The van der Waals surface area contributed by atoms with Crippen LogP contribution in [0.4, 0.5) is 13.2 Å². The summed E-state index contributed by atoms with van der Waals surface area (Å²) in [5.41, 5.74) is 0.354. The third-order valence-corrected chi connectivity index (χ3v) is 1.99. The first-order chi connectivity index (χ1) is 8.47. The van der Waals surface area contributed by atoms with E-state index in [1.807, 2.05) is 0 Å². The highest BCUT2D eigenvalue weighted by Crippen LogP contribution is 2.19. The molecule has 0 aliphatic rings. The Hall–Kier alpha value is -2.25. The molecular weight excluding hydrogens is 251 g/mol. The Kier molecular flexibility index (Phi) is 3.09. The zero-order valence-electron chi connectivity index (χ0n) is 8.81. The largest absolute Gasteiger partial charge is 0.450 e. The molecule has 5 nitrogen and oxygen atoms in total. The molecule has 0 saturated heterocycles. The van der Waals surface area contributed by atoms with Gasteiger partial charge in [-0.05, 0) is 12.1 Å². The monoisotopic (exact) mass is 257 g/mol. The molecule has 0 radical (unpaired) electrons. The highest BCUT2D eigenvalue weighted by Gasteiger charge is 2.39. The average Bonchev–Trinajstić information content (AvgIpc) is 2.77. The minimum absolute atomic E-state index is 0.0422. The fraction of sp³-hybridized carbons (Fsp3) is 0.200. The maximum Gasteiger partial charge on any atom is 0.450 e. The number of rotatable bonds is 3. The molecule has 0 fully saturated rings. The summed E-state index contributed by atoms with van der Waals surface area (Å²) in [6.07, 6.45) is -4.39. The number of hydrogen-bond donors (Lipinski definition) is 0. The minimum Gasteiger partial charge on any atom is -0.338 e. The van der Waals surface area contributed by atoms with Gasteiger partial charge >= 0.3 is 6.18 Å². The summed E-state index contributed by atoms with van der Waals surface area (Å²) < 4.78 is 40.6. The van der Waals surface area contributed by atoms with Crippen molar-refractivity contribution in [2.45, 2.75) is 12.6 Å². The molecule has 94 valence electrons. The third-order valence-electron chi connectivity index (χ3n) is 1.99. The van der Waals surface area contributed by atoms with Crippen molar-refractivity contribution in [3.63, 3.8) is 0 Å². The number of pyridine rings is 1. The van der Waals surface area contributed by atoms with Gasteiger partial charge in [-0.3, -0.25) is 9.78 Å². The van der Waals surface area contributed by atoms with Crippen LogP contribution in [0.25, 0.3) is 11.5 Å². The van der Waals surface area contributed by atoms with Crippen LogP contribution in [-0.4, -0.2) is 27.1 Å². The molecule has 2 aromatic rings. The van der Waals surface area contributed by atoms with Crippen molar-refractivity contribution in [2.24, 2.45) is 0 Å². The fourth-order valence-electron chi connectivity index (χ4n) is 1.16. The Labute approximate surface area is 98.6 Å². The number of nitrogens with zero attached hydrogens (tertiary/aromatic N) is 3. The molecule has 0 atom stereocenters. The highest BCUT2D eigenvalue weighted by molar-refractivity contribution is 5.85. The van der Waals surface area contributed by atoms with Crippen molar-refractivity contribution in [3.8, 4) is 11.5 Å². The van der Waals surface area contributed by atoms with Gasteiger partial charge in [-0.2, -0.15) is 18.2 Å². The van der Waals surface area contributed by atoms with Crippen molar-refractivity contribution in [1.29, 1.82) is 0 Å². The second-order valence-corrected chi connectivity index (χ2v) is 3.32. The lowest BCUT2D eigenvalue weighted by Gasteiger charge is -2.00.